The van der Waals surface area contributed by atoms with Crippen LogP contribution in [0.3, 0.4) is 0 Å². The Morgan fingerprint density at radius 3 is 2.89 bits per heavy atom. The third-order valence-electron chi connectivity index (χ3n) is 4.45. The van der Waals surface area contributed by atoms with Gasteiger partial charge < -0.3 is 9.15 Å². The lowest BCUT2D eigenvalue weighted by atomic mass is 9.77. The predicted octanol–water partition coefficient (Wildman–Crippen LogP) is 2.96. The molecule has 1 fully saturated rings. The second kappa shape index (κ2) is 3.67. The van der Waals surface area contributed by atoms with Crippen molar-refractivity contribution in [1.29, 1.82) is 0 Å². The number of methoxy groups -OCH3 is 1. The third kappa shape index (κ3) is 1.55. The zero-order chi connectivity index (χ0) is 13.1. The molecule has 1 spiro atoms. The molecule has 1 atom stereocenters. The molecule has 4 rings (SSSR count). The summed E-state index contributed by atoms with van der Waals surface area (Å²) in [7, 11) is 1.79. The van der Waals surface area contributed by atoms with Crippen molar-refractivity contribution >= 4 is 11.3 Å². The summed E-state index contributed by atoms with van der Waals surface area (Å²) in [5.41, 5.74) is 1.95. The summed E-state index contributed by atoms with van der Waals surface area (Å²) in [5, 5.41) is 3.17. The van der Waals surface area contributed by atoms with Crippen LogP contribution in [-0.4, -0.2) is 17.1 Å². The van der Waals surface area contributed by atoms with Crippen molar-refractivity contribution in [3.8, 4) is 0 Å². The van der Waals surface area contributed by atoms with Crippen LogP contribution in [-0.2, 0) is 22.2 Å². The number of aromatic nitrogens is 2. The van der Waals surface area contributed by atoms with Crippen LogP contribution in [0.15, 0.2) is 16.2 Å². The molecule has 0 bridgehead atoms. The van der Waals surface area contributed by atoms with E-state index in [0.29, 0.717) is 0 Å². The molecule has 2 aliphatic rings. The normalized spacial score (nSPS) is 27.5. The fraction of sp³-hybridized carbons (Fsp3) is 0.571. The Morgan fingerprint density at radius 2 is 2.26 bits per heavy atom. The summed E-state index contributed by atoms with van der Waals surface area (Å²) < 4.78 is 11.6. The van der Waals surface area contributed by atoms with Gasteiger partial charge in [-0.1, -0.05) is 0 Å². The molecule has 2 aliphatic carbocycles. The van der Waals surface area contributed by atoms with Gasteiger partial charge in [0.25, 0.3) is 0 Å². The third-order valence-corrected chi connectivity index (χ3v) is 5.60. The topological polar surface area (TPSA) is 48.2 Å². The summed E-state index contributed by atoms with van der Waals surface area (Å²) in [6, 6.07) is 0. The molecular formula is C14H16N2O2S. The van der Waals surface area contributed by atoms with Gasteiger partial charge in [-0.05, 0) is 26.2 Å². The maximum atomic E-state index is 5.95. The molecule has 0 saturated heterocycles. The van der Waals surface area contributed by atoms with Gasteiger partial charge in [-0.3, -0.25) is 0 Å². The molecule has 0 N–H and O–H groups in total. The molecule has 19 heavy (non-hydrogen) atoms. The number of fused-ring (bicyclic) bond motifs is 2. The Labute approximate surface area is 115 Å². The van der Waals surface area contributed by atoms with Gasteiger partial charge >= 0.3 is 0 Å². The quantitative estimate of drug-likeness (QED) is 0.846. The lowest BCUT2D eigenvalue weighted by Gasteiger charge is -2.37. The number of aryl methyl sites for hydroxylation is 1. The van der Waals surface area contributed by atoms with Crippen LogP contribution in [0.1, 0.15) is 41.4 Å². The minimum Gasteiger partial charge on any atom is -0.448 e. The molecule has 1 unspecified atom stereocenters. The predicted molar refractivity (Wildman–Crippen MR) is 71.3 cm³/mol. The summed E-state index contributed by atoms with van der Waals surface area (Å²) in [6.45, 7) is 2.03. The summed E-state index contributed by atoms with van der Waals surface area (Å²) in [6.07, 6.45) is 5.65. The van der Waals surface area contributed by atoms with Crippen LogP contribution in [0.5, 0.6) is 0 Å². The second-order valence-electron chi connectivity index (χ2n) is 5.75. The highest BCUT2D eigenvalue weighted by Crippen LogP contribution is 2.60. The highest BCUT2D eigenvalue weighted by Gasteiger charge is 2.59. The molecular weight excluding hydrogens is 260 g/mol. The zero-order valence-electron chi connectivity index (χ0n) is 11.1. The van der Waals surface area contributed by atoms with Crippen molar-refractivity contribution in [3.63, 3.8) is 0 Å². The largest absolute Gasteiger partial charge is 0.448 e. The van der Waals surface area contributed by atoms with Crippen LogP contribution < -0.4 is 0 Å². The summed E-state index contributed by atoms with van der Waals surface area (Å²) in [4.78, 5) is 9.06. The van der Waals surface area contributed by atoms with E-state index < -0.39 is 0 Å². The molecule has 0 radical (unpaired) electrons. The first-order valence-corrected chi connectivity index (χ1v) is 7.46. The van der Waals surface area contributed by atoms with E-state index in [-0.39, 0.29) is 11.0 Å². The van der Waals surface area contributed by atoms with Crippen molar-refractivity contribution in [2.24, 2.45) is 0 Å². The van der Waals surface area contributed by atoms with E-state index in [1.807, 2.05) is 6.92 Å². The van der Waals surface area contributed by atoms with E-state index in [1.165, 1.54) is 12.8 Å². The Balaban J connectivity index is 1.83. The fourth-order valence-electron chi connectivity index (χ4n) is 3.29. The van der Waals surface area contributed by atoms with Gasteiger partial charge in [0.15, 0.2) is 6.39 Å². The number of oxazole rings is 1. The molecule has 0 aromatic carbocycles. The van der Waals surface area contributed by atoms with Crippen LogP contribution in [0.2, 0.25) is 0 Å². The average Bonchev–Trinajstić information content (AvgIpc) is 2.83. The fourth-order valence-corrected chi connectivity index (χ4v) is 4.26. The highest BCUT2D eigenvalue weighted by molar-refractivity contribution is 7.09. The van der Waals surface area contributed by atoms with Crippen LogP contribution >= 0.6 is 11.3 Å². The Morgan fingerprint density at radius 1 is 1.42 bits per heavy atom. The smallest absolute Gasteiger partial charge is 0.181 e. The SMILES string of the molecule is COC1(c2nc(C)cs2)Cc2ncoc2C2(CC2)C1. The Bertz CT molecular complexity index is 629. The van der Waals surface area contributed by atoms with Crippen molar-refractivity contribution in [2.75, 3.05) is 7.11 Å². The molecule has 1 saturated carbocycles. The maximum Gasteiger partial charge on any atom is 0.181 e. The molecule has 4 nitrogen and oxygen atoms in total. The average molecular weight is 276 g/mol. The second-order valence-corrected chi connectivity index (χ2v) is 6.61. The van der Waals surface area contributed by atoms with E-state index in [9.17, 15) is 0 Å². The molecule has 0 aliphatic heterocycles. The van der Waals surface area contributed by atoms with E-state index in [2.05, 4.69) is 15.3 Å². The van der Waals surface area contributed by atoms with Crippen molar-refractivity contribution in [3.05, 3.63) is 33.9 Å². The number of hydrogen-bond acceptors (Lipinski definition) is 5. The molecule has 5 heteroatoms. The van der Waals surface area contributed by atoms with Crippen LogP contribution in [0.4, 0.5) is 0 Å². The van der Waals surface area contributed by atoms with Gasteiger partial charge in [0.1, 0.15) is 16.4 Å². The molecule has 0 amide bonds. The highest BCUT2D eigenvalue weighted by atomic mass is 32.1. The van der Waals surface area contributed by atoms with E-state index in [4.69, 9.17) is 9.15 Å². The van der Waals surface area contributed by atoms with E-state index in [0.717, 1.165) is 35.0 Å². The zero-order valence-corrected chi connectivity index (χ0v) is 11.9. The van der Waals surface area contributed by atoms with Gasteiger partial charge in [0.2, 0.25) is 0 Å². The lowest BCUT2D eigenvalue weighted by Crippen LogP contribution is -2.39. The Hall–Kier alpha value is -1.20. The first kappa shape index (κ1) is 11.6. The number of hydrogen-bond donors (Lipinski definition) is 0. The number of thiazole rings is 1. The number of ether oxygens (including phenoxy) is 1. The van der Waals surface area contributed by atoms with Crippen LogP contribution in [0, 0.1) is 6.92 Å². The van der Waals surface area contributed by atoms with Gasteiger partial charge in [-0.2, -0.15) is 0 Å². The summed E-state index contributed by atoms with van der Waals surface area (Å²) >= 11 is 1.69. The van der Waals surface area contributed by atoms with Gasteiger partial charge in [0, 0.05) is 30.0 Å². The number of nitrogens with zero attached hydrogens (tertiary/aromatic N) is 2. The first-order valence-electron chi connectivity index (χ1n) is 6.58. The standard InChI is InChI=1S/C14H16N2O2S/c1-9-6-19-12(16-9)14(17-2)5-10-11(18-8-15-10)13(7-14)3-4-13/h6,8H,3-5,7H2,1-2H3. The number of rotatable bonds is 2. The molecule has 100 valence electrons. The lowest BCUT2D eigenvalue weighted by molar-refractivity contribution is -0.0399. The van der Waals surface area contributed by atoms with E-state index in [1.54, 1.807) is 24.8 Å². The minimum absolute atomic E-state index is 0.152. The first-order chi connectivity index (χ1) is 9.17. The molecule has 2 heterocycles. The molecule has 2 aromatic heterocycles. The van der Waals surface area contributed by atoms with Gasteiger partial charge in [0.05, 0.1) is 5.69 Å². The van der Waals surface area contributed by atoms with E-state index >= 15 is 0 Å². The van der Waals surface area contributed by atoms with Crippen molar-refractivity contribution in [2.45, 2.75) is 43.6 Å². The van der Waals surface area contributed by atoms with Crippen molar-refractivity contribution in [1.82, 2.24) is 9.97 Å². The maximum absolute atomic E-state index is 5.95. The van der Waals surface area contributed by atoms with Gasteiger partial charge in [-0.15, -0.1) is 11.3 Å². The minimum atomic E-state index is -0.320. The summed E-state index contributed by atoms with van der Waals surface area (Å²) in [5.74, 6) is 1.09. The van der Waals surface area contributed by atoms with Crippen LogP contribution in [0.25, 0.3) is 0 Å². The Kier molecular flexibility index (Phi) is 2.24. The van der Waals surface area contributed by atoms with Gasteiger partial charge in [-0.25, -0.2) is 9.97 Å². The van der Waals surface area contributed by atoms with Crippen molar-refractivity contribution < 1.29 is 9.15 Å². The molecule has 2 aromatic rings. The monoisotopic (exact) mass is 276 g/mol.